The topological polar surface area (TPSA) is 47.9 Å². The maximum Gasteiger partial charge on any atom is 0.0809 e. The van der Waals surface area contributed by atoms with E-state index in [2.05, 4.69) is 4.74 Å². The number of rotatable bonds is 4. The molecular formula is C9H20O4. The smallest absolute Gasteiger partial charge is 0.0809 e. The molecule has 1 aliphatic heterocycles. The Balaban J connectivity index is 0.000000252. The molecule has 1 N–H and O–H groups in total. The molecule has 80 valence electrons. The van der Waals surface area contributed by atoms with Gasteiger partial charge in [-0.2, -0.15) is 0 Å². The molecule has 1 rings (SSSR count). The third-order valence-electron chi connectivity index (χ3n) is 1.67. The Morgan fingerprint density at radius 1 is 1.38 bits per heavy atom. The van der Waals surface area contributed by atoms with Gasteiger partial charge in [-0.1, -0.05) is 0 Å². The first-order valence-corrected chi connectivity index (χ1v) is 4.55. The minimum Gasteiger partial charge on any atom is -0.394 e. The van der Waals surface area contributed by atoms with E-state index in [1.54, 1.807) is 14.2 Å². The third-order valence-corrected chi connectivity index (χ3v) is 1.67. The summed E-state index contributed by atoms with van der Waals surface area (Å²) in [6.07, 6.45) is 2.77. The zero-order chi connectivity index (χ0) is 9.94. The average molecular weight is 192 g/mol. The summed E-state index contributed by atoms with van der Waals surface area (Å²) in [6.45, 7) is 2.25. The van der Waals surface area contributed by atoms with Crippen LogP contribution in [0.1, 0.15) is 12.8 Å². The van der Waals surface area contributed by atoms with Gasteiger partial charge in [-0.05, 0) is 12.8 Å². The maximum absolute atomic E-state index is 7.94. The summed E-state index contributed by atoms with van der Waals surface area (Å²) in [7, 11) is 3.26. The number of aliphatic hydroxyl groups is 1. The van der Waals surface area contributed by atoms with Gasteiger partial charge in [0, 0.05) is 20.8 Å². The summed E-state index contributed by atoms with van der Waals surface area (Å²) in [5.74, 6) is 0. The number of aliphatic hydroxyl groups excluding tert-OH is 1. The summed E-state index contributed by atoms with van der Waals surface area (Å²) in [5, 5.41) is 7.94. The molecule has 1 unspecified atom stereocenters. The third kappa shape index (κ3) is 8.18. The van der Waals surface area contributed by atoms with E-state index in [1.165, 1.54) is 12.8 Å². The van der Waals surface area contributed by atoms with Crippen molar-refractivity contribution >= 4 is 0 Å². The maximum atomic E-state index is 7.94. The highest BCUT2D eigenvalue weighted by molar-refractivity contribution is 4.62. The van der Waals surface area contributed by atoms with Crippen LogP contribution < -0.4 is 0 Å². The first-order valence-electron chi connectivity index (χ1n) is 4.55. The highest BCUT2D eigenvalue weighted by Gasteiger charge is 2.13. The Morgan fingerprint density at radius 2 is 2.15 bits per heavy atom. The van der Waals surface area contributed by atoms with Crippen LogP contribution in [0.5, 0.6) is 0 Å². The van der Waals surface area contributed by atoms with Gasteiger partial charge in [-0.15, -0.1) is 0 Å². The van der Waals surface area contributed by atoms with E-state index in [0.29, 0.717) is 12.7 Å². The van der Waals surface area contributed by atoms with Gasteiger partial charge < -0.3 is 19.3 Å². The van der Waals surface area contributed by atoms with Crippen molar-refractivity contribution in [2.24, 2.45) is 0 Å². The SMILES string of the molecule is COCC1CCCO1.COCCO. The van der Waals surface area contributed by atoms with Crippen LogP contribution in [-0.2, 0) is 14.2 Å². The fraction of sp³-hybridized carbons (Fsp3) is 1.00. The molecule has 0 amide bonds. The summed E-state index contributed by atoms with van der Waals surface area (Å²) >= 11 is 0. The summed E-state index contributed by atoms with van der Waals surface area (Å²) in [4.78, 5) is 0. The summed E-state index contributed by atoms with van der Waals surface area (Å²) in [5.41, 5.74) is 0. The molecule has 4 nitrogen and oxygen atoms in total. The molecule has 0 spiro atoms. The molecule has 1 atom stereocenters. The summed E-state index contributed by atoms with van der Waals surface area (Å²) < 4.78 is 14.6. The van der Waals surface area contributed by atoms with E-state index in [4.69, 9.17) is 14.6 Å². The van der Waals surface area contributed by atoms with Gasteiger partial charge in [0.15, 0.2) is 0 Å². The van der Waals surface area contributed by atoms with Crippen molar-refractivity contribution in [1.82, 2.24) is 0 Å². The molecule has 13 heavy (non-hydrogen) atoms. The second-order valence-electron chi connectivity index (χ2n) is 2.81. The fourth-order valence-electron chi connectivity index (χ4n) is 1.05. The molecule has 0 saturated carbocycles. The van der Waals surface area contributed by atoms with Crippen molar-refractivity contribution in [3.63, 3.8) is 0 Å². The zero-order valence-corrected chi connectivity index (χ0v) is 8.49. The van der Waals surface area contributed by atoms with Crippen molar-refractivity contribution in [2.75, 3.05) is 40.6 Å². The molecule has 0 aromatic heterocycles. The van der Waals surface area contributed by atoms with Crippen LogP contribution in [-0.4, -0.2) is 51.9 Å². The molecule has 1 heterocycles. The van der Waals surface area contributed by atoms with Crippen molar-refractivity contribution in [3.8, 4) is 0 Å². The largest absolute Gasteiger partial charge is 0.394 e. The van der Waals surface area contributed by atoms with E-state index < -0.39 is 0 Å². The Bertz CT molecular complexity index is 89.6. The number of hydrogen-bond donors (Lipinski definition) is 1. The van der Waals surface area contributed by atoms with Gasteiger partial charge in [0.1, 0.15) is 0 Å². The van der Waals surface area contributed by atoms with Gasteiger partial charge in [0.05, 0.1) is 25.9 Å². The molecular weight excluding hydrogens is 172 g/mol. The lowest BCUT2D eigenvalue weighted by Crippen LogP contribution is -2.11. The molecule has 1 aliphatic rings. The number of ether oxygens (including phenoxy) is 3. The zero-order valence-electron chi connectivity index (χ0n) is 8.49. The van der Waals surface area contributed by atoms with Crippen molar-refractivity contribution in [1.29, 1.82) is 0 Å². The lowest BCUT2D eigenvalue weighted by Gasteiger charge is -2.05. The second-order valence-corrected chi connectivity index (χ2v) is 2.81. The molecule has 0 bridgehead atoms. The minimum absolute atomic E-state index is 0.122. The minimum atomic E-state index is 0.122. The van der Waals surface area contributed by atoms with E-state index >= 15 is 0 Å². The fourth-order valence-corrected chi connectivity index (χ4v) is 1.05. The summed E-state index contributed by atoms with van der Waals surface area (Å²) in [6, 6.07) is 0. The van der Waals surface area contributed by atoms with Crippen LogP contribution in [0.4, 0.5) is 0 Å². The lowest BCUT2D eigenvalue weighted by atomic mass is 10.2. The number of hydrogen-bond acceptors (Lipinski definition) is 4. The van der Waals surface area contributed by atoms with Gasteiger partial charge in [0.2, 0.25) is 0 Å². The average Bonchev–Trinajstić information content (AvgIpc) is 2.60. The van der Waals surface area contributed by atoms with E-state index in [0.717, 1.165) is 13.2 Å². The van der Waals surface area contributed by atoms with Gasteiger partial charge in [-0.25, -0.2) is 0 Å². The molecule has 1 fully saturated rings. The Morgan fingerprint density at radius 3 is 2.46 bits per heavy atom. The molecule has 4 heteroatoms. The van der Waals surface area contributed by atoms with Crippen LogP contribution in [0, 0.1) is 0 Å². The molecule has 0 aliphatic carbocycles. The second kappa shape index (κ2) is 9.92. The van der Waals surface area contributed by atoms with Gasteiger partial charge >= 0.3 is 0 Å². The predicted octanol–water partition coefficient (Wildman–Crippen LogP) is 0.437. The van der Waals surface area contributed by atoms with E-state index in [-0.39, 0.29) is 6.61 Å². The van der Waals surface area contributed by atoms with Gasteiger partial charge in [0.25, 0.3) is 0 Å². The van der Waals surface area contributed by atoms with Crippen LogP contribution >= 0.6 is 0 Å². The standard InChI is InChI=1S/C6H12O2.C3H8O2/c1-7-5-6-3-2-4-8-6;1-5-3-2-4/h6H,2-5H2,1H3;4H,2-3H2,1H3. The first kappa shape index (κ1) is 12.8. The molecule has 0 radical (unpaired) electrons. The Labute approximate surface area is 79.8 Å². The van der Waals surface area contributed by atoms with E-state index in [1.807, 2.05) is 0 Å². The van der Waals surface area contributed by atoms with Crippen LogP contribution in [0.3, 0.4) is 0 Å². The number of methoxy groups -OCH3 is 2. The first-order chi connectivity index (χ1) is 6.35. The van der Waals surface area contributed by atoms with E-state index in [9.17, 15) is 0 Å². The van der Waals surface area contributed by atoms with Crippen LogP contribution in [0.15, 0.2) is 0 Å². The van der Waals surface area contributed by atoms with Gasteiger partial charge in [-0.3, -0.25) is 0 Å². The normalized spacial score (nSPS) is 21.0. The molecule has 0 aromatic rings. The Hall–Kier alpha value is -0.160. The monoisotopic (exact) mass is 192 g/mol. The molecule has 1 saturated heterocycles. The van der Waals surface area contributed by atoms with Crippen LogP contribution in [0.2, 0.25) is 0 Å². The molecule has 0 aromatic carbocycles. The lowest BCUT2D eigenvalue weighted by molar-refractivity contribution is 0.0380. The highest BCUT2D eigenvalue weighted by Crippen LogP contribution is 2.10. The quantitative estimate of drug-likeness (QED) is 0.702. The van der Waals surface area contributed by atoms with Crippen molar-refractivity contribution in [3.05, 3.63) is 0 Å². The van der Waals surface area contributed by atoms with Crippen molar-refractivity contribution in [2.45, 2.75) is 18.9 Å². The predicted molar refractivity (Wildman–Crippen MR) is 49.8 cm³/mol. The Kier molecular flexibility index (Phi) is 9.80. The van der Waals surface area contributed by atoms with Crippen LogP contribution in [0.25, 0.3) is 0 Å². The van der Waals surface area contributed by atoms with Crippen molar-refractivity contribution < 1.29 is 19.3 Å². The highest BCUT2D eigenvalue weighted by atomic mass is 16.5.